The monoisotopic (exact) mass is 445 g/mol. The van der Waals surface area contributed by atoms with Crippen LogP contribution in [0.25, 0.3) is 22.3 Å². The molecule has 0 amide bonds. The zero-order chi connectivity index (χ0) is 22.9. The molecule has 0 radical (unpaired) electrons. The fourth-order valence-corrected chi connectivity index (χ4v) is 3.97. The van der Waals surface area contributed by atoms with Crippen LogP contribution in [0.5, 0.6) is 5.88 Å². The number of para-hydroxylation sites is 1. The molecule has 10 nitrogen and oxygen atoms in total. The van der Waals surface area contributed by atoms with Gasteiger partial charge in [0, 0.05) is 17.7 Å². The number of ether oxygens (including phenoxy) is 1. The van der Waals surface area contributed by atoms with E-state index >= 15 is 0 Å². The number of methoxy groups -OCH3 is 1. The maximum absolute atomic E-state index is 14.3. The maximum Gasteiger partial charge on any atom is 0.224 e. The van der Waals surface area contributed by atoms with Crippen molar-refractivity contribution in [3.05, 3.63) is 72.6 Å². The van der Waals surface area contributed by atoms with Gasteiger partial charge in [0.2, 0.25) is 5.88 Å². The summed E-state index contributed by atoms with van der Waals surface area (Å²) in [7, 11) is 1.54. The molecule has 2 N–H and O–H groups in total. The van der Waals surface area contributed by atoms with Crippen molar-refractivity contribution in [2.45, 2.75) is 19.3 Å². The van der Waals surface area contributed by atoms with Crippen LogP contribution >= 0.6 is 0 Å². The van der Waals surface area contributed by atoms with E-state index in [0.717, 1.165) is 11.3 Å². The molecule has 0 aliphatic carbocycles. The molecule has 5 aromatic rings. The van der Waals surface area contributed by atoms with Crippen molar-refractivity contribution in [3.63, 3.8) is 0 Å². The number of rotatable bonds is 6. The number of hydrogen-bond donors (Lipinski definition) is 1. The Balaban J connectivity index is 1.67. The fourth-order valence-electron chi connectivity index (χ4n) is 3.97. The molecular weight excluding hydrogens is 425 g/mol. The van der Waals surface area contributed by atoms with Crippen molar-refractivity contribution in [1.29, 1.82) is 0 Å². The Labute approximate surface area is 187 Å². The molecule has 0 bridgehead atoms. The smallest absolute Gasteiger partial charge is 0.224 e. The van der Waals surface area contributed by atoms with Crippen LogP contribution in [0.4, 0.5) is 10.2 Å². The first-order valence-electron chi connectivity index (χ1n) is 10.3. The lowest BCUT2D eigenvalue weighted by molar-refractivity contribution is 0.398. The van der Waals surface area contributed by atoms with Gasteiger partial charge in [-0.1, -0.05) is 24.3 Å². The number of nitrogen functional groups attached to an aromatic ring is 1. The van der Waals surface area contributed by atoms with Crippen LogP contribution in [0.2, 0.25) is 0 Å². The molecule has 0 spiro atoms. The Morgan fingerprint density at radius 1 is 1.15 bits per heavy atom. The van der Waals surface area contributed by atoms with Crippen molar-refractivity contribution in [2.75, 3.05) is 12.8 Å². The minimum Gasteiger partial charge on any atom is -0.480 e. The molecule has 0 aliphatic rings. The fraction of sp³-hybridized carbons (Fsp3) is 0.182. The molecule has 1 aromatic carbocycles. The van der Waals surface area contributed by atoms with Crippen molar-refractivity contribution < 1.29 is 9.13 Å². The zero-order valence-corrected chi connectivity index (χ0v) is 17.9. The molecule has 0 saturated heterocycles. The molecule has 11 heteroatoms. The summed E-state index contributed by atoms with van der Waals surface area (Å²) in [5.41, 5.74) is 10.1. The second-order valence-corrected chi connectivity index (χ2v) is 7.33. The van der Waals surface area contributed by atoms with Crippen molar-refractivity contribution in [3.8, 4) is 22.7 Å². The minimum atomic E-state index is -0.380. The predicted octanol–water partition coefficient (Wildman–Crippen LogP) is 3.04. The third-order valence-electron chi connectivity index (χ3n) is 5.50. The molecule has 0 unspecified atom stereocenters. The highest BCUT2D eigenvalue weighted by atomic mass is 19.1. The normalized spacial score (nSPS) is 12.2. The van der Waals surface area contributed by atoms with E-state index in [4.69, 9.17) is 10.5 Å². The van der Waals surface area contributed by atoms with Gasteiger partial charge in [0.05, 0.1) is 30.3 Å². The minimum absolute atomic E-state index is 0.198. The summed E-state index contributed by atoms with van der Waals surface area (Å²) >= 11 is 0. The number of anilines is 1. The molecule has 5 rings (SSSR count). The third-order valence-corrected chi connectivity index (χ3v) is 5.50. The molecule has 4 aromatic heterocycles. The van der Waals surface area contributed by atoms with Gasteiger partial charge < -0.3 is 10.5 Å². The van der Waals surface area contributed by atoms with Crippen molar-refractivity contribution in [1.82, 2.24) is 39.6 Å². The SMILES string of the molecule is CC[C@H](c1cn(-c2ccccc2F)nn1)c1cc(-c2cncnc2OC)c2c(N)ncnn12. The van der Waals surface area contributed by atoms with Gasteiger partial charge in [-0.25, -0.2) is 28.5 Å². The summed E-state index contributed by atoms with van der Waals surface area (Å²) in [5, 5.41) is 12.9. The van der Waals surface area contributed by atoms with E-state index in [1.165, 1.54) is 23.4 Å². The van der Waals surface area contributed by atoms with E-state index in [2.05, 4.69) is 30.4 Å². The summed E-state index contributed by atoms with van der Waals surface area (Å²) in [6.07, 6.45) is 6.89. The average Bonchev–Trinajstić information content (AvgIpc) is 3.47. The summed E-state index contributed by atoms with van der Waals surface area (Å²) in [5.74, 6) is 0.138. The van der Waals surface area contributed by atoms with Crippen LogP contribution in [0.3, 0.4) is 0 Å². The van der Waals surface area contributed by atoms with Gasteiger partial charge in [0.1, 0.15) is 29.7 Å². The Morgan fingerprint density at radius 2 is 2.00 bits per heavy atom. The molecular formula is C22H20FN9O. The Morgan fingerprint density at radius 3 is 2.79 bits per heavy atom. The van der Waals surface area contributed by atoms with Crippen LogP contribution < -0.4 is 10.5 Å². The van der Waals surface area contributed by atoms with E-state index in [1.807, 2.05) is 13.0 Å². The number of hydrogen-bond acceptors (Lipinski definition) is 8. The molecule has 4 heterocycles. The summed E-state index contributed by atoms with van der Waals surface area (Å²) < 4.78 is 22.9. The van der Waals surface area contributed by atoms with Gasteiger partial charge in [-0.15, -0.1) is 5.10 Å². The van der Waals surface area contributed by atoms with Crippen LogP contribution in [0.15, 0.2) is 55.4 Å². The van der Waals surface area contributed by atoms with E-state index in [-0.39, 0.29) is 11.7 Å². The van der Waals surface area contributed by atoms with E-state index < -0.39 is 0 Å². The molecule has 0 saturated carbocycles. The van der Waals surface area contributed by atoms with E-state index in [1.54, 1.807) is 42.2 Å². The van der Waals surface area contributed by atoms with Gasteiger partial charge in [-0.3, -0.25) is 0 Å². The number of benzene rings is 1. The first-order chi connectivity index (χ1) is 16.1. The van der Waals surface area contributed by atoms with Crippen LogP contribution in [0, 0.1) is 5.82 Å². The van der Waals surface area contributed by atoms with Gasteiger partial charge in [0.15, 0.2) is 5.82 Å². The third kappa shape index (κ3) is 3.43. The highest BCUT2D eigenvalue weighted by Crippen LogP contribution is 2.38. The van der Waals surface area contributed by atoms with Crippen LogP contribution in [0.1, 0.15) is 30.7 Å². The second-order valence-electron chi connectivity index (χ2n) is 7.33. The zero-order valence-electron chi connectivity index (χ0n) is 17.9. The topological polar surface area (TPSA) is 122 Å². The largest absolute Gasteiger partial charge is 0.480 e. The number of nitrogens with zero attached hydrogens (tertiary/aromatic N) is 8. The summed E-state index contributed by atoms with van der Waals surface area (Å²) in [4.78, 5) is 12.5. The molecule has 166 valence electrons. The van der Waals surface area contributed by atoms with E-state index in [0.29, 0.717) is 40.6 Å². The molecule has 0 aliphatic heterocycles. The van der Waals surface area contributed by atoms with Gasteiger partial charge in [-0.2, -0.15) is 5.10 Å². The van der Waals surface area contributed by atoms with Gasteiger partial charge >= 0.3 is 0 Å². The summed E-state index contributed by atoms with van der Waals surface area (Å²) in [6, 6.07) is 8.37. The lowest BCUT2D eigenvalue weighted by Crippen LogP contribution is -2.08. The number of aromatic nitrogens is 8. The Hall–Kier alpha value is -4.41. The average molecular weight is 445 g/mol. The molecule has 1 atom stereocenters. The predicted molar refractivity (Wildman–Crippen MR) is 118 cm³/mol. The first-order valence-corrected chi connectivity index (χ1v) is 10.3. The second kappa shape index (κ2) is 8.26. The highest BCUT2D eigenvalue weighted by Gasteiger charge is 2.26. The van der Waals surface area contributed by atoms with Crippen molar-refractivity contribution >= 4 is 11.3 Å². The van der Waals surface area contributed by atoms with Crippen LogP contribution in [-0.4, -0.2) is 46.7 Å². The highest BCUT2D eigenvalue weighted by molar-refractivity contribution is 5.90. The lowest BCUT2D eigenvalue weighted by Gasteiger charge is -2.11. The Kier molecular flexibility index (Phi) is 5.13. The maximum atomic E-state index is 14.3. The first kappa shape index (κ1) is 20.5. The van der Waals surface area contributed by atoms with Crippen LogP contribution in [-0.2, 0) is 0 Å². The number of nitrogens with two attached hydrogens (primary N) is 1. The van der Waals surface area contributed by atoms with Gasteiger partial charge in [0.25, 0.3) is 0 Å². The molecule has 33 heavy (non-hydrogen) atoms. The molecule has 0 fully saturated rings. The van der Waals surface area contributed by atoms with Gasteiger partial charge in [-0.05, 0) is 24.6 Å². The number of halogens is 1. The number of fused-ring (bicyclic) bond motifs is 1. The van der Waals surface area contributed by atoms with Crippen molar-refractivity contribution in [2.24, 2.45) is 0 Å². The summed E-state index contributed by atoms with van der Waals surface area (Å²) in [6.45, 7) is 2.03. The Bertz CT molecular complexity index is 1450. The van der Waals surface area contributed by atoms with E-state index in [9.17, 15) is 4.39 Å². The lowest BCUT2D eigenvalue weighted by atomic mass is 9.98. The quantitative estimate of drug-likeness (QED) is 0.423. The standard InChI is InChI=1S/C22H20FN9O/c1-3-13(17-10-31(30-29-17)18-7-5-4-6-16(18)23)19-8-14(15-9-25-11-27-22(15)33-2)20-21(24)26-12-28-32(19)20/h4-13H,3H2,1-2H3,(H2,24,26,28)/t13-/m1/s1.